The van der Waals surface area contributed by atoms with Gasteiger partial charge in [-0.2, -0.15) is 0 Å². The Morgan fingerprint density at radius 2 is 1.83 bits per heavy atom. The Bertz CT molecular complexity index is 663. The molecule has 0 spiro atoms. The van der Waals surface area contributed by atoms with Crippen molar-refractivity contribution >= 4 is 23.4 Å². The van der Waals surface area contributed by atoms with Gasteiger partial charge in [-0.25, -0.2) is 0 Å². The topological polar surface area (TPSA) is 49.9 Å². The second kappa shape index (κ2) is 6.95. The van der Waals surface area contributed by atoms with Crippen molar-refractivity contribution < 1.29 is 14.3 Å². The first kappa shape index (κ1) is 17.0. The Kier molecular flexibility index (Phi) is 4.92. The van der Waals surface area contributed by atoms with E-state index < -0.39 is 0 Å². The summed E-state index contributed by atoms with van der Waals surface area (Å²) in [6.45, 7) is 0.814. The fourth-order valence-corrected chi connectivity index (χ4v) is 3.66. The Morgan fingerprint density at radius 3 is 2.42 bits per heavy atom. The number of fused-ring (bicyclic) bond motifs is 1. The Balaban J connectivity index is 1.69. The van der Waals surface area contributed by atoms with Gasteiger partial charge < -0.3 is 4.74 Å². The lowest BCUT2D eigenvalue weighted by Gasteiger charge is -2.24. The van der Waals surface area contributed by atoms with E-state index in [1.54, 1.807) is 13.2 Å². The smallest absolute Gasteiger partial charge is 0.234 e. The van der Waals surface area contributed by atoms with E-state index in [1.165, 1.54) is 4.90 Å². The minimum Gasteiger partial charge on any atom is -0.496 e. The van der Waals surface area contributed by atoms with Gasteiger partial charge >= 0.3 is 0 Å². The Morgan fingerprint density at radius 1 is 1.21 bits per heavy atom. The van der Waals surface area contributed by atoms with Gasteiger partial charge in [0.1, 0.15) is 5.75 Å². The van der Waals surface area contributed by atoms with E-state index in [1.807, 2.05) is 36.2 Å². The predicted molar refractivity (Wildman–Crippen MR) is 91.5 cm³/mol. The van der Waals surface area contributed by atoms with Crippen LogP contribution >= 0.6 is 11.6 Å². The molecule has 6 heteroatoms. The van der Waals surface area contributed by atoms with Crippen LogP contribution < -0.4 is 4.74 Å². The lowest BCUT2D eigenvalue weighted by atomic mass is 9.85. The lowest BCUT2D eigenvalue weighted by Crippen LogP contribution is -2.40. The minimum atomic E-state index is -0.184. The number of hydrogen-bond donors (Lipinski definition) is 0. The second-order valence-electron chi connectivity index (χ2n) is 6.37. The molecule has 1 fully saturated rings. The molecular weight excluding hydrogens is 328 g/mol. The highest BCUT2D eigenvalue weighted by atomic mass is 35.5. The van der Waals surface area contributed by atoms with Crippen LogP contribution in [0.25, 0.3) is 0 Å². The fourth-order valence-electron chi connectivity index (χ4n) is 3.46. The number of hydrogen-bond acceptors (Lipinski definition) is 4. The molecule has 0 radical (unpaired) electrons. The maximum atomic E-state index is 12.5. The lowest BCUT2D eigenvalue weighted by molar-refractivity contribution is -0.142. The normalized spacial score (nSPS) is 23.1. The van der Waals surface area contributed by atoms with Gasteiger partial charge in [-0.3, -0.25) is 19.4 Å². The molecule has 1 aliphatic heterocycles. The van der Waals surface area contributed by atoms with Crippen molar-refractivity contribution in [1.82, 2.24) is 9.80 Å². The third-order valence-corrected chi connectivity index (χ3v) is 4.90. The molecule has 1 aromatic rings. The molecule has 2 atom stereocenters. The molecule has 2 aliphatic rings. The number of nitrogens with zero attached hydrogens (tertiary/aromatic N) is 2. The van der Waals surface area contributed by atoms with Crippen molar-refractivity contribution in [2.24, 2.45) is 11.8 Å². The molecule has 3 rings (SSSR count). The van der Waals surface area contributed by atoms with Gasteiger partial charge in [0.15, 0.2) is 0 Å². The van der Waals surface area contributed by atoms with E-state index in [0.717, 1.165) is 11.3 Å². The Hall–Kier alpha value is -1.85. The van der Waals surface area contributed by atoms with Gasteiger partial charge in [0.25, 0.3) is 0 Å². The molecule has 1 heterocycles. The summed E-state index contributed by atoms with van der Waals surface area (Å²) in [5.41, 5.74) is 0.922. The zero-order valence-electron chi connectivity index (χ0n) is 13.9. The molecule has 1 aliphatic carbocycles. The molecule has 0 saturated carbocycles. The van der Waals surface area contributed by atoms with Crippen molar-refractivity contribution in [3.63, 3.8) is 0 Å². The highest BCUT2D eigenvalue weighted by Gasteiger charge is 2.47. The largest absolute Gasteiger partial charge is 0.496 e. The second-order valence-corrected chi connectivity index (χ2v) is 6.81. The number of carbonyl (C=O) groups is 2. The Labute approximate surface area is 146 Å². The first-order chi connectivity index (χ1) is 11.5. The van der Waals surface area contributed by atoms with Gasteiger partial charge in [-0.15, -0.1) is 0 Å². The number of halogens is 1. The van der Waals surface area contributed by atoms with Crippen LogP contribution in [0.5, 0.6) is 5.75 Å². The summed E-state index contributed by atoms with van der Waals surface area (Å²) in [7, 11) is 3.49. The van der Waals surface area contributed by atoms with Gasteiger partial charge in [0.05, 0.1) is 25.6 Å². The minimum absolute atomic E-state index is 0.0562. The SMILES string of the molecule is COc1ccc(Cl)cc1CN(C)CN1C(=O)[C@@H]2CC=CC[C@H]2C1=O. The first-order valence-corrected chi connectivity index (χ1v) is 8.40. The number of amides is 2. The van der Waals surface area contributed by atoms with E-state index in [0.29, 0.717) is 24.4 Å². The average Bonchev–Trinajstić information content (AvgIpc) is 2.80. The standard InChI is InChI=1S/C18H21ClN2O3/c1-20(10-12-9-13(19)7-8-16(12)24-2)11-21-17(22)14-5-3-4-6-15(14)18(21)23/h3-4,7-9,14-15H,5-6,10-11H2,1-2H3/t14-,15-/m1/s1. The van der Waals surface area contributed by atoms with Gasteiger partial charge in [-0.05, 0) is 38.1 Å². The van der Waals surface area contributed by atoms with E-state index in [4.69, 9.17) is 16.3 Å². The number of imide groups is 1. The number of ether oxygens (including phenoxy) is 1. The summed E-state index contributed by atoms with van der Waals surface area (Å²) >= 11 is 6.06. The van der Waals surface area contributed by atoms with Gasteiger partial charge in [0, 0.05) is 17.1 Å². The van der Waals surface area contributed by atoms with Crippen LogP contribution in [0, 0.1) is 11.8 Å². The highest BCUT2D eigenvalue weighted by molar-refractivity contribution is 6.30. The van der Waals surface area contributed by atoms with E-state index in [2.05, 4.69) is 0 Å². The third-order valence-electron chi connectivity index (χ3n) is 4.66. The molecule has 128 valence electrons. The number of rotatable bonds is 5. The molecule has 0 unspecified atom stereocenters. The molecular formula is C18H21ClN2O3. The van der Waals surface area contributed by atoms with Crippen LogP contribution in [-0.2, 0) is 16.1 Å². The summed E-state index contributed by atoms with van der Waals surface area (Å²) < 4.78 is 5.35. The van der Waals surface area contributed by atoms with Crippen LogP contribution in [0.3, 0.4) is 0 Å². The third kappa shape index (κ3) is 3.19. The molecule has 0 N–H and O–H groups in total. The van der Waals surface area contributed by atoms with Crippen LogP contribution in [0.1, 0.15) is 18.4 Å². The molecule has 0 aromatic heterocycles. The summed E-state index contributed by atoms with van der Waals surface area (Å²) in [5.74, 6) is 0.259. The molecule has 1 aromatic carbocycles. The van der Waals surface area contributed by atoms with Crippen molar-refractivity contribution in [2.75, 3.05) is 20.8 Å². The van der Waals surface area contributed by atoms with Crippen molar-refractivity contribution in [2.45, 2.75) is 19.4 Å². The molecule has 0 bridgehead atoms. The van der Waals surface area contributed by atoms with Crippen LogP contribution in [-0.4, -0.2) is 42.4 Å². The average molecular weight is 349 g/mol. The highest BCUT2D eigenvalue weighted by Crippen LogP contribution is 2.35. The van der Waals surface area contributed by atoms with Crippen LogP contribution in [0.15, 0.2) is 30.4 Å². The fraction of sp³-hybridized carbons (Fsp3) is 0.444. The van der Waals surface area contributed by atoms with Crippen molar-refractivity contribution in [1.29, 1.82) is 0 Å². The van der Waals surface area contributed by atoms with Gasteiger partial charge in [0.2, 0.25) is 11.8 Å². The van der Waals surface area contributed by atoms with E-state index in [9.17, 15) is 9.59 Å². The summed E-state index contributed by atoms with van der Waals surface area (Å²) in [4.78, 5) is 28.3. The zero-order chi connectivity index (χ0) is 17.3. The quantitative estimate of drug-likeness (QED) is 0.606. The monoisotopic (exact) mass is 348 g/mol. The number of likely N-dealkylation sites (tertiary alicyclic amines) is 1. The van der Waals surface area contributed by atoms with Crippen molar-refractivity contribution in [3.8, 4) is 5.75 Å². The maximum absolute atomic E-state index is 12.5. The van der Waals surface area contributed by atoms with E-state index >= 15 is 0 Å². The van der Waals surface area contributed by atoms with Crippen LogP contribution in [0.4, 0.5) is 0 Å². The number of methoxy groups -OCH3 is 1. The molecule has 1 saturated heterocycles. The first-order valence-electron chi connectivity index (χ1n) is 8.02. The van der Waals surface area contributed by atoms with Gasteiger partial charge in [-0.1, -0.05) is 23.8 Å². The van der Waals surface area contributed by atoms with E-state index in [-0.39, 0.29) is 30.3 Å². The summed E-state index contributed by atoms with van der Waals surface area (Å²) in [5, 5.41) is 0.629. The van der Waals surface area contributed by atoms with Crippen LogP contribution in [0.2, 0.25) is 5.02 Å². The summed E-state index contributed by atoms with van der Waals surface area (Å²) in [6, 6.07) is 5.43. The zero-order valence-corrected chi connectivity index (χ0v) is 14.6. The number of carbonyl (C=O) groups excluding carboxylic acids is 2. The molecule has 5 nitrogen and oxygen atoms in total. The number of benzene rings is 1. The van der Waals surface area contributed by atoms with Crippen molar-refractivity contribution in [3.05, 3.63) is 40.9 Å². The molecule has 24 heavy (non-hydrogen) atoms. The predicted octanol–water partition coefficient (Wildman–Crippen LogP) is 2.69. The maximum Gasteiger partial charge on any atom is 0.234 e. The molecule has 2 amide bonds. The number of allylic oxidation sites excluding steroid dienone is 2. The summed E-state index contributed by atoms with van der Waals surface area (Å²) in [6.07, 6.45) is 5.32.